The summed E-state index contributed by atoms with van der Waals surface area (Å²) in [5, 5.41) is -0.857. The van der Waals surface area contributed by atoms with E-state index < -0.39 is 33.5 Å². The molecular formula is C15H11BrF2O2S. The van der Waals surface area contributed by atoms with E-state index in [1.54, 1.807) is 24.3 Å². The molecule has 0 aromatic heterocycles. The third-order valence-electron chi connectivity index (χ3n) is 2.92. The van der Waals surface area contributed by atoms with Gasteiger partial charge in [0, 0.05) is 14.9 Å². The number of ketones is 1. The predicted molar refractivity (Wildman–Crippen MR) is 80.7 cm³/mol. The molecule has 6 heteroatoms. The van der Waals surface area contributed by atoms with E-state index in [1.165, 1.54) is 13.0 Å². The molecule has 2 nitrogen and oxygen atoms in total. The van der Waals surface area contributed by atoms with Crippen molar-refractivity contribution in [1.82, 2.24) is 0 Å². The standard InChI is InChI=1S/C15H11BrF2O2S/c1-9(21(20)12-4-2-3-11(16)8-12)15(19)10-5-6-13(17)14(18)7-10/h2-9H,1H3. The van der Waals surface area contributed by atoms with E-state index in [9.17, 15) is 17.8 Å². The monoisotopic (exact) mass is 372 g/mol. The molecule has 0 spiro atoms. The molecule has 2 unspecified atom stereocenters. The van der Waals surface area contributed by atoms with Gasteiger partial charge >= 0.3 is 0 Å². The number of benzene rings is 2. The second-order valence-electron chi connectivity index (χ2n) is 4.39. The van der Waals surface area contributed by atoms with Crippen molar-refractivity contribution in [3.63, 3.8) is 0 Å². The van der Waals surface area contributed by atoms with Gasteiger partial charge in [0.1, 0.15) is 0 Å². The van der Waals surface area contributed by atoms with E-state index >= 15 is 0 Å². The van der Waals surface area contributed by atoms with E-state index in [2.05, 4.69) is 15.9 Å². The highest BCUT2D eigenvalue weighted by atomic mass is 79.9. The minimum absolute atomic E-state index is 0.00440. The van der Waals surface area contributed by atoms with Crippen LogP contribution in [0.3, 0.4) is 0 Å². The molecule has 0 aliphatic carbocycles. The van der Waals surface area contributed by atoms with Crippen molar-refractivity contribution in [2.75, 3.05) is 0 Å². The van der Waals surface area contributed by atoms with Crippen molar-refractivity contribution < 1.29 is 17.8 Å². The molecule has 0 heterocycles. The average molecular weight is 373 g/mol. The van der Waals surface area contributed by atoms with Crippen LogP contribution >= 0.6 is 15.9 Å². The van der Waals surface area contributed by atoms with Gasteiger partial charge in [0.05, 0.1) is 16.0 Å². The first kappa shape index (κ1) is 16.0. The molecule has 0 radical (unpaired) electrons. The van der Waals surface area contributed by atoms with Crippen LogP contribution in [0.5, 0.6) is 0 Å². The van der Waals surface area contributed by atoms with Gasteiger partial charge in [0.2, 0.25) is 0 Å². The molecule has 2 aromatic rings. The molecule has 0 fully saturated rings. The summed E-state index contributed by atoms with van der Waals surface area (Å²) >= 11 is 3.27. The molecule has 110 valence electrons. The van der Waals surface area contributed by atoms with Crippen LogP contribution in [0.4, 0.5) is 8.78 Å². The van der Waals surface area contributed by atoms with Crippen molar-refractivity contribution in [2.24, 2.45) is 0 Å². The molecule has 0 saturated carbocycles. The Labute approximate surface area is 131 Å². The Morgan fingerprint density at radius 3 is 2.48 bits per heavy atom. The Morgan fingerprint density at radius 1 is 1.14 bits per heavy atom. The number of rotatable bonds is 4. The SMILES string of the molecule is CC(C(=O)c1ccc(F)c(F)c1)S(=O)c1cccc(Br)c1. The van der Waals surface area contributed by atoms with Crippen LogP contribution in [-0.2, 0) is 10.8 Å². The lowest BCUT2D eigenvalue weighted by molar-refractivity contribution is 0.0992. The summed E-state index contributed by atoms with van der Waals surface area (Å²) in [7, 11) is -1.58. The van der Waals surface area contributed by atoms with Gasteiger partial charge in [-0.25, -0.2) is 8.78 Å². The van der Waals surface area contributed by atoms with Crippen LogP contribution in [0.15, 0.2) is 51.8 Å². The lowest BCUT2D eigenvalue weighted by atomic mass is 10.1. The molecular weight excluding hydrogens is 362 g/mol. The smallest absolute Gasteiger partial charge is 0.178 e. The summed E-state index contributed by atoms with van der Waals surface area (Å²) in [6.07, 6.45) is 0. The first-order valence-electron chi connectivity index (χ1n) is 6.05. The minimum atomic E-state index is -1.58. The minimum Gasteiger partial charge on any atom is -0.293 e. The third-order valence-corrected chi connectivity index (χ3v) is 4.99. The molecule has 2 aromatic carbocycles. The van der Waals surface area contributed by atoms with E-state index in [1.807, 2.05) is 0 Å². The van der Waals surface area contributed by atoms with E-state index in [4.69, 9.17) is 0 Å². The maximum Gasteiger partial charge on any atom is 0.178 e. The van der Waals surface area contributed by atoms with Gasteiger partial charge in [0.25, 0.3) is 0 Å². The van der Waals surface area contributed by atoms with Crippen LogP contribution in [0.25, 0.3) is 0 Å². The molecule has 0 bridgehead atoms. The summed E-state index contributed by atoms with van der Waals surface area (Å²) in [6, 6.07) is 9.70. The topological polar surface area (TPSA) is 34.1 Å². The molecule has 0 saturated heterocycles. The molecule has 0 aliphatic rings. The van der Waals surface area contributed by atoms with Gasteiger partial charge in [-0.15, -0.1) is 0 Å². The van der Waals surface area contributed by atoms with Gasteiger partial charge < -0.3 is 0 Å². The Kier molecular flexibility index (Phi) is 5.00. The highest BCUT2D eigenvalue weighted by Crippen LogP contribution is 2.20. The summed E-state index contributed by atoms with van der Waals surface area (Å²) < 4.78 is 39.2. The average Bonchev–Trinajstić information content (AvgIpc) is 2.47. The van der Waals surface area contributed by atoms with Crippen LogP contribution in [0.2, 0.25) is 0 Å². The number of hydrogen-bond donors (Lipinski definition) is 0. The van der Waals surface area contributed by atoms with Gasteiger partial charge in [-0.05, 0) is 43.3 Å². The largest absolute Gasteiger partial charge is 0.293 e. The lowest BCUT2D eigenvalue weighted by Crippen LogP contribution is -2.23. The number of halogens is 3. The van der Waals surface area contributed by atoms with E-state index in [-0.39, 0.29) is 5.56 Å². The van der Waals surface area contributed by atoms with Gasteiger partial charge in [-0.2, -0.15) is 0 Å². The Morgan fingerprint density at radius 2 is 1.86 bits per heavy atom. The first-order valence-corrected chi connectivity index (χ1v) is 8.06. The van der Waals surface area contributed by atoms with Crippen molar-refractivity contribution in [1.29, 1.82) is 0 Å². The highest BCUT2D eigenvalue weighted by Gasteiger charge is 2.23. The fourth-order valence-electron chi connectivity index (χ4n) is 1.78. The van der Waals surface area contributed by atoms with Crippen molar-refractivity contribution in [2.45, 2.75) is 17.1 Å². The summed E-state index contributed by atoms with van der Waals surface area (Å²) in [4.78, 5) is 12.7. The molecule has 0 aliphatic heterocycles. The highest BCUT2D eigenvalue weighted by molar-refractivity contribution is 9.10. The number of carbonyl (C=O) groups is 1. The Bertz CT molecular complexity index is 719. The number of carbonyl (C=O) groups excluding carboxylic acids is 1. The molecule has 0 amide bonds. The van der Waals surface area contributed by atoms with E-state index in [0.717, 1.165) is 16.6 Å². The summed E-state index contributed by atoms with van der Waals surface area (Å²) in [6.45, 7) is 1.50. The first-order chi connectivity index (χ1) is 9.90. The zero-order chi connectivity index (χ0) is 15.6. The fraction of sp³-hybridized carbons (Fsp3) is 0.133. The van der Waals surface area contributed by atoms with Crippen molar-refractivity contribution >= 4 is 32.5 Å². The maximum absolute atomic E-state index is 13.2. The summed E-state index contributed by atoms with van der Waals surface area (Å²) in [5.41, 5.74) is 0.00440. The van der Waals surface area contributed by atoms with Crippen LogP contribution in [0, 0.1) is 11.6 Å². The second kappa shape index (κ2) is 6.58. The quantitative estimate of drug-likeness (QED) is 0.756. The third kappa shape index (κ3) is 3.63. The van der Waals surface area contributed by atoms with Crippen LogP contribution < -0.4 is 0 Å². The predicted octanol–water partition coefficient (Wildman–Crippen LogP) is 4.11. The zero-order valence-corrected chi connectivity index (χ0v) is 13.4. The van der Waals surface area contributed by atoms with Gasteiger partial charge in [-0.3, -0.25) is 9.00 Å². The summed E-state index contributed by atoms with van der Waals surface area (Å²) in [5.74, 6) is -2.61. The Balaban J connectivity index is 2.26. The molecule has 0 N–H and O–H groups in total. The maximum atomic E-state index is 13.2. The Hall–Kier alpha value is -1.40. The van der Waals surface area contributed by atoms with Crippen molar-refractivity contribution in [3.8, 4) is 0 Å². The molecule has 21 heavy (non-hydrogen) atoms. The van der Waals surface area contributed by atoms with Gasteiger partial charge in [0.15, 0.2) is 17.4 Å². The molecule has 2 rings (SSSR count). The van der Waals surface area contributed by atoms with Crippen LogP contribution in [-0.4, -0.2) is 15.2 Å². The van der Waals surface area contributed by atoms with E-state index in [0.29, 0.717) is 4.90 Å². The lowest BCUT2D eigenvalue weighted by Gasteiger charge is -2.11. The van der Waals surface area contributed by atoms with Crippen LogP contribution in [0.1, 0.15) is 17.3 Å². The zero-order valence-electron chi connectivity index (χ0n) is 11.0. The normalized spacial score (nSPS) is 13.7. The van der Waals surface area contributed by atoms with Gasteiger partial charge in [-0.1, -0.05) is 22.0 Å². The second-order valence-corrected chi connectivity index (χ2v) is 7.08. The molecule has 2 atom stereocenters. The fourth-order valence-corrected chi connectivity index (χ4v) is 3.52. The van der Waals surface area contributed by atoms with Crippen molar-refractivity contribution in [3.05, 3.63) is 64.1 Å². The number of Topliss-reactive ketones (excluding diaryl/α,β-unsaturated/α-hetero) is 1. The number of hydrogen-bond acceptors (Lipinski definition) is 2.